The third-order valence-electron chi connectivity index (χ3n) is 3.80. The minimum Gasteiger partial charge on any atom is -0.352 e. The lowest BCUT2D eigenvalue weighted by atomic mass is 10.2. The van der Waals surface area contributed by atoms with Crippen molar-refractivity contribution < 1.29 is 0 Å². The number of hydrogen-bond donors (Lipinski definition) is 0. The van der Waals surface area contributed by atoms with E-state index in [2.05, 4.69) is 39.0 Å². The highest BCUT2D eigenvalue weighted by atomic mass is 35.5. The van der Waals surface area contributed by atoms with Gasteiger partial charge >= 0.3 is 0 Å². The van der Waals surface area contributed by atoms with E-state index in [0.29, 0.717) is 17.0 Å². The van der Waals surface area contributed by atoms with Crippen molar-refractivity contribution >= 4 is 23.2 Å². The van der Waals surface area contributed by atoms with Crippen LogP contribution in [0.3, 0.4) is 0 Å². The minimum absolute atomic E-state index is 0.481. The molecule has 20 heavy (non-hydrogen) atoms. The summed E-state index contributed by atoms with van der Waals surface area (Å²) in [5.74, 6) is 1.59. The summed E-state index contributed by atoms with van der Waals surface area (Å²) in [5.41, 5.74) is 0.968. The largest absolute Gasteiger partial charge is 0.352 e. The molecule has 1 saturated heterocycles. The van der Waals surface area contributed by atoms with E-state index < -0.39 is 0 Å². The topological polar surface area (TPSA) is 49.6 Å². The van der Waals surface area contributed by atoms with Gasteiger partial charge in [-0.15, -0.1) is 0 Å². The second kappa shape index (κ2) is 5.18. The Morgan fingerprint density at radius 1 is 1.45 bits per heavy atom. The Hall–Kier alpha value is -1.40. The molecule has 1 atom stereocenters. The average Bonchev–Trinajstić information content (AvgIpc) is 2.99. The van der Waals surface area contributed by atoms with E-state index in [1.807, 2.05) is 6.92 Å². The maximum atomic E-state index is 6.25. The van der Waals surface area contributed by atoms with Crippen molar-refractivity contribution in [2.75, 3.05) is 32.1 Å². The second-order valence-corrected chi connectivity index (χ2v) is 5.93. The van der Waals surface area contributed by atoms with Gasteiger partial charge in [-0.25, -0.2) is 0 Å². The Morgan fingerprint density at radius 2 is 2.25 bits per heavy atom. The summed E-state index contributed by atoms with van der Waals surface area (Å²) in [4.78, 5) is 13.0. The van der Waals surface area contributed by atoms with Gasteiger partial charge in [0.2, 0.25) is 0 Å². The molecule has 0 amide bonds. The summed E-state index contributed by atoms with van der Waals surface area (Å²) in [6, 6.07) is 0.481. The molecule has 0 aromatic carbocycles. The lowest BCUT2D eigenvalue weighted by Crippen LogP contribution is -2.39. The third kappa shape index (κ3) is 2.23. The Balaban J connectivity index is 2.08. The first-order valence-electron chi connectivity index (χ1n) is 6.85. The summed E-state index contributed by atoms with van der Waals surface area (Å²) in [6.45, 7) is 4.04. The summed E-state index contributed by atoms with van der Waals surface area (Å²) in [6.07, 6.45) is 3.90. The molecule has 1 aliphatic rings. The number of aromatic nitrogens is 4. The zero-order chi connectivity index (χ0) is 14.3. The van der Waals surface area contributed by atoms with E-state index in [1.54, 1.807) is 4.52 Å². The van der Waals surface area contributed by atoms with Gasteiger partial charge < -0.3 is 9.80 Å². The molecule has 0 bridgehead atoms. The van der Waals surface area contributed by atoms with E-state index in [9.17, 15) is 0 Å². The first-order chi connectivity index (χ1) is 9.58. The van der Waals surface area contributed by atoms with Crippen molar-refractivity contribution in [3.8, 4) is 0 Å². The summed E-state index contributed by atoms with van der Waals surface area (Å²) < 4.78 is 1.80. The fourth-order valence-electron chi connectivity index (χ4n) is 2.95. The molecule has 6 nitrogen and oxygen atoms in total. The molecular formula is C13H19ClN6. The highest BCUT2D eigenvalue weighted by Gasteiger charge is 2.29. The van der Waals surface area contributed by atoms with Crippen LogP contribution < -0.4 is 4.90 Å². The van der Waals surface area contributed by atoms with Crippen LogP contribution in [0.1, 0.15) is 18.4 Å². The lowest BCUT2D eigenvalue weighted by Gasteiger charge is -2.30. The van der Waals surface area contributed by atoms with Gasteiger partial charge in [0.25, 0.3) is 5.78 Å². The first-order valence-corrected chi connectivity index (χ1v) is 7.23. The van der Waals surface area contributed by atoms with Gasteiger partial charge in [0.05, 0.1) is 0 Å². The van der Waals surface area contributed by atoms with Gasteiger partial charge in [-0.05, 0) is 33.9 Å². The van der Waals surface area contributed by atoms with Crippen molar-refractivity contribution in [2.45, 2.75) is 25.8 Å². The summed E-state index contributed by atoms with van der Waals surface area (Å²) in [5, 5.41) is 4.82. The zero-order valence-electron chi connectivity index (χ0n) is 12.0. The standard InChI is InChI=1S/C13H19ClN6/c1-9-11(14)17-13-15-8-16-20(13)12(9)19-6-4-5-10(19)7-18(2)3/h8,10H,4-7H2,1-3H3. The summed E-state index contributed by atoms with van der Waals surface area (Å²) in [7, 11) is 4.21. The monoisotopic (exact) mass is 294 g/mol. The molecule has 0 N–H and O–H groups in total. The number of rotatable bonds is 3. The summed E-state index contributed by atoms with van der Waals surface area (Å²) >= 11 is 6.25. The van der Waals surface area contributed by atoms with E-state index in [4.69, 9.17) is 11.6 Å². The van der Waals surface area contributed by atoms with Crippen LogP contribution in [-0.4, -0.2) is 57.7 Å². The van der Waals surface area contributed by atoms with Crippen LogP contribution in [0, 0.1) is 6.92 Å². The maximum absolute atomic E-state index is 6.25. The van der Waals surface area contributed by atoms with Crippen LogP contribution in [0.4, 0.5) is 5.82 Å². The van der Waals surface area contributed by atoms with Crippen molar-refractivity contribution in [2.24, 2.45) is 0 Å². The first kappa shape index (κ1) is 13.6. The van der Waals surface area contributed by atoms with Crippen molar-refractivity contribution in [1.29, 1.82) is 0 Å². The fourth-order valence-corrected chi connectivity index (χ4v) is 3.11. The Kier molecular flexibility index (Phi) is 3.52. The molecule has 2 aromatic heterocycles. The predicted molar refractivity (Wildman–Crippen MR) is 79.5 cm³/mol. The number of halogens is 1. The lowest BCUT2D eigenvalue weighted by molar-refractivity contribution is 0.371. The fraction of sp³-hybridized carbons (Fsp3) is 0.615. The molecule has 0 saturated carbocycles. The molecule has 0 spiro atoms. The minimum atomic E-state index is 0.481. The van der Waals surface area contributed by atoms with Crippen LogP contribution in [0.25, 0.3) is 5.78 Å². The zero-order valence-corrected chi connectivity index (χ0v) is 12.8. The Bertz CT molecular complexity index is 623. The average molecular weight is 295 g/mol. The maximum Gasteiger partial charge on any atom is 0.255 e. The molecule has 0 radical (unpaired) electrons. The Labute approximate surface area is 123 Å². The van der Waals surface area contributed by atoms with Gasteiger partial charge in [-0.1, -0.05) is 11.6 Å². The van der Waals surface area contributed by atoms with E-state index in [-0.39, 0.29) is 0 Å². The van der Waals surface area contributed by atoms with Crippen LogP contribution >= 0.6 is 11.6 Å². The molecule has 7 heteroatoms. The molecule has 0 aliphatic carbocycles. The number of fused-ring (bicyclic) bond motifs is 1. The predicted octanol–water partition coefficient (Wildman–Crippen LogP) is 1.62. The molecule has 3 rings (SSSR count). The van der Waals surface area contributed by atoms with Gasteiger partial charge in [-0.3, -0.25) is 0 Å². The SMILES string of the molecule is Cc1c(Cl)nc2ncnn2c1N1CCCC1CN(C)C. The van der Waals surface area contributed by atoms with Gasteiger partial charge in [0, 0.05) is 24.7 Å². The number of nitrogens with zero attached hydrogens (tertiary/aromatic N) is 6. The molecule has 1 fully saturated rings. The molecule has 108 valence electrons. The smallest absolute Gasteiger partial charge is 0.255 e. The number of anilines is 1. The molecule has 3 heterocycles. The number of hydrogen-bond acceptors (Lipinski definition) is 5. The quantitative estimate of drug-likeness (QED) is 0.805. The second-order valence-electron chi connectivity index (χ2n) is 5.57. The molecule has 2 aromatic rings. The number of likely N-dealkylation sites (N-methyl/N-ethyl adjacent to an activating group) is 1. The van der Waals surface area contributed by atoms with Gasteiger partial charge in [0.15, 0.2) is 0 Å². The molecular weight excluding hydrogens is 276 g/mol. The third-order valence-corrected chi connectivity index (χ3v) is 4.17. The highest BCUT2D eigenvalue weighted by molar-refractivity contribution is 6.30. The normalized spacial score (nSPS) is 19.4. The van der Waals surface area contributed by atoms with Crippen LogP contribution in [0.2, 0.25) is 5.15 Å². The van der Waals surface area contributed by atoms with Gasteiger partial charge in [-0.2, -0.15) is 19.6 Å². The van der Waals surface area contributed by atoms with E-state index in [1.165, 1.54) is 19.2 Å². The van der Waals surface area contributed by atoms with Crippen molar-refractivity contribution in [3.05, 3.63) is 17.0 Å². The molecule has 1 aliphatic heterocycles. The van der Waals surface area contributed by atoms with Crippen molar-refractivity contribution in [1.82, 2.24) is 24.5 Å². The van der Waals surface area contributed by atoms with Crippen molar-refractivity contribution in [3.63, 3.8) is 0 Å². The highest BCUT2D eigenvalue weighted by Crippen LogP contribution is 2.31. The Morgan fingerprint density at radius 3 is 3.00 bits per heavy atom. The van der Waals surface area contributed by atoms with E-state index >= 15 is 0 Å². The van der Waals surface area contributed by atoms with Gasteiger partial charge in [0.1, 0.15) is 17.3 Å². The molecule has 1 unspecified atom stereocenters. The van der Waals surface area contributed by atoms with Crippen LogP contribution in [0.15, 0.2) is 6.33 Å². The van der Waals surface area contributed by atoms with E-state index in [0.717, 1.165) is 24.5 Å². The van der Waals surface area contributed by atoms with Crippen LogP contribution in [0.5, 0.6) is 0 Å². The van der Waals surface area contributed by atoms with Crippen LogP contribution in [-0.2, 0) is 0 Å².